The van der Waals surface area contributed by atoms with Gasteiger partial charge < -0.3 is 14.6 Å². The summed E-state index contributed by atoms with van der Waals surface area (Å²) in [6, 6.07) is 0. The van der Waals surface area contributed by atoms with Gasteiger partial charge in [-0.15, -0.1) is 0 Å². The quantitative estimate of drug-likeness (QED) is 0.509. The summed E-state index contributed by atoms with van der Waals surface area (Å²) in [6.45, 7) is 7.44. The highest BCUT2D eigenvalue weighted by Gasteiger charge is 2.70. The summed E-state index contributed by atoms with van der Waals surface area (Å²) in [5, 5.41) is 11.7. The largest absolute Gasteiger partial charge is 0.457 e. The second-order valence-corrected chi connectivity index (χ2v) is 12.3. The number of carbonyl (C=O) groups excluding carboxylic acids is 4. The Morgan fingerprint density at radius 1 is 1.22 bits per heavy atom. The first-order valence-electron chi connectivity index (χ1n) is 13.0. The molecule has 0 heterocycles. The van der Waals surface area contributed by atoms with Crippen molar-refractivity contribution < 1.29 is 33.8 Å². The fourth-order valence-electron chi connectivity index (χ4n) is 8.11. The Labute approximate surface area is 217 Å². The monoisotopic (exact) mass is 518 g/mol. The molecule has 0 bridgehead atoms. The molecule has 7 nitrogen and oxygen atoms in total. The predicted molar refractivity (Wildman–Crippen MR) is 136 cm³/mol. The van der Waals surface area contributed by atoms with E-state index in [-0.39, 0.29) is 41.6 Å². The minimum Gasteiger partial charge on any atom is -0.457 e. The molecule has 3 fully saturated rings. The highest BCUT2D eigenvalue weighted by atomic mass is 32.2. The number of hydrogen-bond acceptors (Lipinski definition) is 8. The maximum absolute atomic E-state index is 13.7. The lowest BCUT2D eigenvalue weighted by Crippen LogP contribution is -2.63. The molecule has 1 N–H and O–H groups in total. The van der Waals surface area contributed by atoms with Crippen molar-refractivity contribution in [3.05, 3.63) is 23.8 Å². The molecule has 4 aliphatic rings. The molecule has 8 heteroatoms. The predicted octanol–water partition coefficient (Wildman–Crippen LogP) is 3.68. The summed E-state index contributed by atoms with van der Waals surface area (Å²) in [5.41, 5.74) is -1.63. The van der Waals surface area contributed by atoms with Crippen molar-refractivity contribution >= 4 is 35.3 Å². The molecule has 0 aromatic carbocycles. The van der Waals surface area contributed by atoms with Gasteiger partial charge in [0.15, 0.2) is 18.0 Å². The average molecular weight is 519 g/mol. The third-order valence-electron chi connectivity index (χ3n) is 9.59. The van der Waals surface area contributed by atoms with Gasteiger partial charge in [-0.05, 0) is 61.8 Å². The van der Waals surface area contributed by atoms with Gasteiger partial charge in [-0.2, -0.15) is 11.8 Å². The number of allylic oxidation sites excluding steroid dienone is 4. The first-order chi connectivity index (χ1) is 16.9. The standard InChI is InChI=1S/C28H38O7S/c1-6-23(32)35-28(22(31)14-34-24(33)15-36-5)10-8-19-18-11-16(2)20-12-17(29)7-9-26(20,3)25(18)21(30)13-27(19,28)4/h7,9,12,16,18-19,21,25,30H,6,8,10-11,13-15H2,1-5H3/t16-,18-,19-,21-,25+,26-,27-,28-/m0/s1. The summed E-state index contributed by atoms with van der Waals surface area (Å²) in [7, 11) is 0. The molecular weight excluding hydrogens is 480 g/mol. The van der Waals surface area contributed by atoms with Gasteiger partial charge in [-0.1, -0.05) is 39.3 Å². The lowest BCUT2D eigenvalue weighted by Gasteiger charge is -2.61. The van der Waals surface area contributed by atoms with Crippen LogP contribution in [-0.4, -0.2) is 58.9 Å². The molecule has 0 aromatic rings. The molecule has 0 saturated heterocycles. The van der Waals surface area contributed by atoms with Crippen molar-refractivity contribution in [1.82, 2.24) is 0 Å². The molecule has 4 rings (SSSR count). The average Bonchev–Trinajstić information content (AvgIpc) is 3.11. The van der Waals surface area contributed by atoms with Crippen molar-refractivity contribution in [2.45, 2.75) is 71.5 Å². The molecule has 4 aliphatic carbocycles. The minimum absolute atomic E-state index is 0.0177. The Kier molecular flexibility index (Phi) is 7.34. The van der Waals surface area contributed by atoms with Gasteiger partial charge in [0.25, 0.3) is 0 Å². The molecule has 8 atom stereocenters. The zero-order chi connectivity index (χ0) is 26.5. The lowest BCUT2D eigenvalue weighted by molar-refractivity contribution is -0.201. The Bertz CT molecular complexity index is 1020. The van der Waals surface area contributed by atoms with E-state index in [2.05, 4.69) is 13.8 Å². The number of Topliss-reactive ketones (excluding diaryl/α,β-unsaturated/α-hetero) is 1. The van der Waals surface area contributed by atoms with Crippen molar-refractivity contribution in [1.29, 1.82) is 0 Å². The number of hydrogen-bond donors (Lipinski definition) is 1. The van der Waals surface area contributed by atoms with Crippen LogP contribution in [0.15, 0.2) is 23.8 Å². The number of esters is 2. The van der Waals surface area contributed by atoms with Crippen LogP contribution in [0, 0.1) is 34.5 Å². The first kappa shape index (κ1) is 27.1. The Hall–Kier alpha value is -1.93. The Morgan fingerprint density at radius 2 is 1.94 bits per heavy atom. The molecule has 198 valence electrons. The summed E-state index contributed by atoms with van der Waals surface area (Å²) >= 11 is 1.31. The highest BCUT2D eigenvalue weighted by molar-refractivity contribution is 7.99. The van der Waals surface area contributed by atoms with E-state index in [4.69, 9.17) is 9.47 Å². The van der Waals surface area contributed by atoms with Crippen LogP contribution in [0.4, 0.5) is 0 Å². The molecule has 0 amide bonds. The van der Waals surface area contributed by atoms with Crippen LogP contribution in [0.5, 0.6) is 0 Å². The molecule has 0 spiro atoms. The molecular formula is C28H38O7S. The van der Waals surface area contributed by atoms with E-state index in [1.807, 2.05) is 13.0 Å². The Morgan fingerprint density at radius 3 is 2.61 bits per heavy atom. The first-order valence-corrected chi connectivity index (χ1v) is 14.4. The lowest BCUT2D eigenvalue weighted by atomic mass is 9.44. The van der Waals surface area contributed by atoms with Crippen LogP contribution in [0.25, 0.3) is 0 Å². The number of ether oxygens (including phenoxy) is 2. The van der Waals surface area contributed by atoms with Crippen LogP contribution in [-0.2, 0) is 28.7 Å². The summed E-state index contributed by atoms with van der Waals surface area (Å²) in [4.78, 5) is 50.5. The van der Waals surface area contributed by atoms with E-state index in [0.29, 0.717) is 19.3 Å². The maximum atomic E-state index is 13.7. The fourth-order valence-corrected chi connectivity index (χ4v) is 8.43. The van der Waals surface area contributed by atoms with Gasteiger partial charge in [-0.25, -0.2) is 0 Å². The van der Waals surface area contributed by atoms with Gasteiger partial charge >= 0.3 is 11.9 Å². The Balaban J connectivity index is 1.71. The van der Waals surface area contributed by atoms with Gasteiger partial charge in [0.05, 0.1) is 11.9 Å². The highest BCUT2D eigenvalue weighted by Crippen LogP contribution is 2.68. The molecule has 0 aliphatic heterocycles. The number of ketones is 2. The van der Waals surface area contributed by atoms with Crippen molar-refractivity contribution in [3.63, 3.8) is 0 Å². The fraction of sp³-hybridized carbons (Fsp3) is 0.714. The van der Waals surface area contributed by atoms with Crippen LogP contribution in [0.2, 0.25) is 0 Å². The van der Waals surface area contributed by atoms with Crippen LogP contribution in [0.3, 0.4) is 0 Å². The van der Waals surface area contributed by atoms with Crippen LogP contribution < -0.4 is 0 Å². The van der Waals surface area contributed by atoms with Crippen molar-refractivity contribution in [2.24, 2.45) is 34.5 Å². The number of carbonyl (C=O) groups is 4. The third kappa shape index (κ3) is 4.08. The van der Waals surface area contributed by atoms with Crippen molar-refractivity contribution in [3.8, 4) is 0 Å². The van der Waals surface area contributed by atoms with E-state index in [1.165, 1.54) is 11.8 Å². The zero-order valence-electron chi connectivity index (χ0n) is 21.9. The van der Waals surface area contributed by atoms with E-state index < -0.39 is 46.9 Å². The van der Waals surface area contributed by atoms with Gasteiger partial charge in [-0.3, -0.25) is 19.2 Å². The minimum atomic E-state index is -1.45. The summed E-state index contributed by atoms with van der Waals surface area (Å²) in [6.07, 6.45) is 8.55. The van der Waals surface area contributed by atoms with Gasteiger partial charge in [0.1, 0.15) is 0 Å². The zero-order valence-corrected chi connectivity index (χ0v) is 22.7. The molecule has 0 unspecified atom stereocenters. The SMILES string of the molecule is CCC(=O)O[C@]1(C(=O)COC(=O)CSC)CC[C@H]2[C@@H]3C[C@H](C)C4=CC(=O)C=C[C@]4(C)[C@H]3[C@@H](O)C[C@@]21C. The summed E-state index contributed by atoms with van der Waals surface area (Å²) < 4.78 is 11.3. The topological polar surface area (TPSA) is 107 Å². The van der Waals surface area contributed by atoms with Crippen molar-refractivity contribution in [2.75, 3.05) is 18.6 Å². The van der Waals surface area contributed by atoms with Crippen LogP contribution in [0.1, 0.15) is 59.8 Å². The number of aliphatic hydroxyl groups is 1. The van der Waals surface area contributed by atoms with Gasteiger partial charge in [0, 0.05) is 23.2 Å². The van der Waals surface area contributed by atoms with E-state index in [9.17, 15) is 24.3 Å². The summed E-state index contributed by atoms with van der Waals surface area (Å²) in [5.74, 6) is -1.08. The van der Waals surface area contributed by atoms with Crippen LogP contribution >= 0.6 is 11.8 Å². The maximum Gasteiger partial charge on any atom is 0.316 e. The second-order valence-electron chi connectivity index (χ2n) is 11.5. The third-order valence-corrected chi connectivity index (χ3v) is 10.1. The second kappa shape index (κ2) is 9.75. The van der Waals surface area contributed by atoms with Gasteiger partial charge in [0.2, 0.25) is 5.78 Å². The molecule has 0 radical (unpaired) electrons. The number of rotatable bonds is 7. The van der Waals surface area contributed by atoms with E-state index in [0.717, 1.165) is 12.0 Å². The molecule has 0 aromatic heterocycles. The number of aliphatic hydroxyl groups excluding tert-OH is 1. The normalized spacial score (nSPS) is 41.0. The van der Waals surface area contributed by atoms with E-state index >= 15 is 0 Å². The smallest absolute Gasteiger partial charge is 0.316 e. The van der Waals surface area contributed by atoms with E-state index in [1.54, 1.807) is 25.3 Å². The number of fused-ring (bicyclic) bond motifs is 5. The molecule has 36 heavy (non-hydrogen) atoms. The molecule has 3 saturated carbocycles. The number of thioether (sulfide) groups is 1.